The van der Waals surface area contributed by atoms with Gasteiger partial charge in [0.05, 0.1) is 50.7 Å². The Morgan fingerprint density at radius 1 is 0.598 bits per heavy atom. The second kappa shape index (κ2) is 45.5. The molecule has 0 radical (unpaired) electrons. The van der Waals surface area contributed by atoms with Crippen molar-refractivity contribution < 1.29 is 104 Å². The summed E-state index contributed by atoms with van der Waals surface area (Å²) in [6.07, 6.45) is 13.5. The summed E-state index contributed by atoms with van der Waals surface area (Å²) in [6, 6.07) is -2.53. The van der Waals surface area contributed by atoms with Crippen LogP contribution >= 0.6 is 0 Å². The van der Waals surface area contributed by atoms with Gasteiger partial charge < -0.3 is 100 Å². The highest BCUT2D eigenvalue weighted by Gasteiger charge is 2.60. The number of carbonyl (C=O) groups is 3. The SMILES string of the molecule is CCCCCCCCCCC/C=C\C/C=C\CCCCCCCCCC(=O)NC(COC1OC(CO)C(OC2OC(CO)C(O)C(OC3(C(=O)O)CC(O)C(NC(C)=O)C(C(O)C(O)CO)O3)C2O)C(O)C1O)C(O)CCCCCCCCCCCC. The van der Waals surface area contributed by atoms with E-state index in [4.69, 9.17) is 28.4 Å². The molecule has 508 valence electrons. The van der Waals surface area contributed by atoms with Crippen LogP contribution < -0.4 is 10.6 Å². The van der Waals surface area contributed by atoms with Crippen LogP contribution in [0.4, 0.5) is 0 Å². The van der Waals surface area contributed by atoms with Crippen molar-refractivity contribution in [2.45, 2.75) is 336 Å². The van der Waals surface area contributed by atoms with Gasteiger partial charge in [-0.05, 0) is 44.9 Å². The molecule has 0 bridgehead atoms. The standard InChI is InChI=1S/C64H116N2O21/c1-4-6-8-10-12-14-16-17-18-19-20-21-22-23-24-25-26-27-28-30-32-34-36-38-51(74)66-45(46(71)37-35-33-31-29-15-13-11-9-7-5-2)43-82-61-56(78)55(77)58(50(42-69)84-61)85-62-57(79)60(54(76)49(41-68)83-62)87-64(63(80)81)39-47(72)52(65-44(3)70)59(86-64)53(75)48(73)40-67/h20-21,23-24,45-50,52-62,67-69,71-73,75-79H,4-19,22,25-43H2,1-3H3,(H,65,70)(H,66,74)(H,80,81)/b21-20-,24-23-. The molecule has 0 saturated carbocycles. The zero-order chi connectivity index (χ0) is 64.0. The normalized spacial score (nSPS) is 29.3. The van der Waals surface area contributed by atoms with Crippen LogP contribution in [0.5, 0.6) is 0 Å². The van der Waals surface area contributed by atoms with Crippen molar-refractivity contribution in [3.63, 3.8) is 0 Å². The van der Waals surface area contributed by atoms with Crippen LogP contribution in [0, 0.1) is 0 Å². The number of aliphatic hydroxyl groups excluding tert-OH is 11. The van der Waals surface area contributed by atoms with Crippen molar-refractivity contribution in [3.05, 3.63) is 24.3 Å². The number of allylic oxidation sites excluding steroid dienone is 4. The Balaban J connectivity index is 1.57. The van der Waals surface area contributed by atoms with Crippen LogP contribution in [0.15, 0.2) is 24.3 Å². The maximum absolute atomic E-state index is 13.4. The van der Waals surface area contributed by atoms with Crippen LogP contribution in [0.25, 0.3) is 0 Å². The summed E-state index contributed by atoms with van der Waals surface area (Å²) in [7, 11) is 0. The lowest BCUT2D eigenvalue weighted by molar-refractivity contribution is -0.386. The van der Waals surface area contributed by atoms with Crippen molar-refractivity contribution in [1.29, 1.82) is 0 Å². The molecule has 0 aliphatic carbocycles. The first-order chi connectivity index (χ1) is 41.9. The molecule has 0 aromatic carbocycles. The smallest absolute Gasteiger partial charge is 0.364 e. The summed E-state index contributed by atoms with van der Waals surface area (Å²) < 4.78 is 34.7. The number of carbonyl (C=O) groups excluding carboxylic acids is 2. The number of hydrogen-bond acceptors (Lipinski definition) is 20. The van der Waals surface area contributed by atoms with Gasteiger partial charge in [-0.25, -0.2) is 4.79 Å². The van der Waals surface area contributed by atoms with Gasteiger partial charge in [0.2, 0.25) is 11.8 Å². The summed E-state index contributed by atoms with van der Waals surface area (Å²) in [6.45, 7) is 2.15. The lowest BCUT2D eigenvalue weighted by atomic mass is 9.88. The van der Waals surface area contributed by atoms with Crippen molar-refractivity contribution in [3.8, 4) is 0 Å². The predicted molar refractivity (Wildman–Crippen MR) is 324 cm³/mol. The molecule has 3 aliphatic heterocycles. The molecular weight excluding hydrogens is 1130 g/mol. The van der Waals surface area contributed by atoms with E-state index >= 15 is 0 Å². The fraction of sp³-hybridized carbons (Fsp3) is 0.891. The van der Waals surface area contributed by atoms with Gasteiger partial charge in [0.15, 0.2) is 12.6 Å². The summed E-state index contributed by atoms with van der Waals surface area (Å²) in [4.78, 5) is 38.4. The fourth-order valence-electron chi connectivity index (χ4n) is 11.6. The molecule has 3 saturated heterocycles. The van der Waals surface area contributed by atoms with Crippen LogP contribution in [0.1, 0.15) is 226 Å². The number of aliphatic hydroxyl groups is 11. The average molecular weight is 1250 g/mol. The minimum absolute atomic E-state index is 0.214. The second-order valence-corrected chi connectivity index (χ2v) is 24.3. The summed E-state index contributed by atoms with van der Waals surface area (Å²) in [5.41, 5.74) is 0. The van der Waals surface area contributed by atoms with Crippen LogP contribution in [0.3, 0.4) is 0 Å². The quantitative estimate of drug-likeness (QED) is 0.0285. The van der Waals surface area contributed by atoms with E-state index in [9.17, 15) is 75.7 Å². The number of carboxylic acid groups (broad SMARTS) is 1. The first kappa shape index (κ1) is 78.5. The highest BCUT2D eigenvalue weighted by Crippen LogP contribution is 2.39. The van der Waals surface area contributed by atoms with Gasteiger partial charge in [0, 0.05) is 19.8 Å². The van der Waals surface area contributed by atoms with E-state index in [-0.39, 0.29) is 18.9 Å². The van der Waals surface area contributed by atoms with Crippen LogP contribution in [-0.2, 0) is 42.8 Å². The molecule has 0 spiro atoms. The molecule has 3 aliphatic rings. The summed E-state index contributed by atoms with van der Waals surface area (Å²) >= 11 is 0. The first-order valence-electron chi connectivity index (χ1n) is 33.2. The number of unbranched alkanes of at least 4 members (excludes halogenated alkanes) is 25. The second-order valence-electron chi connectivity index (χ2n) is 24.3. The Morgan fingerprint density at radius 3 is 1.61 bits per heavy atom. The number of ether oxygens (including phenoxy) is 6. The molecule has 3 rings (SSSR count). The lowest BCUT2D eigenvalue weighted by Crippen LogP contribution is -2.70. The van der Waals surface area contributed by atoms with Gasteiger partial charge in [-0.15, -0.1) is 0 Å². The Kier molecular flexibility index (Phi) is 41.0. The molecule has 23 nitrogen and oxygen atoms in total. The van der Waals surface area contributed by atoms with Crippen molar-refractivity contribution in [2.24, 2.45) is 0 Å². The third-order valence-corrected chi connectivity index (χ3v) is 16.9. The number of hydrogen-bond donors (Lipinski definition) is 14. The van der Waals surface area contributed by atoms with Crippen molar-refractivity contribution >= 4 is 17.8 Å². The van der Waals surface area contributed by atoms with Gasteiger partial charge in [-0.3, -0.25) is 9.59 Å². The number of aliphatic carboxylic acids is 1. The lowest BCUT2D eigenvalue weighted by Gasteiger charge is -2.50. The van der Waals surface area contributed by atoms with Gasteiger partial charge in [0.1, 0.15) is 67.1 Å². The minimum Gasteiger partial charge on any atom is -0.477 e. The minimum atomic E-state index is -3.08. The van der Waals surface area contributed by atoms with Crippen LogP contribution in [0.2, 0.25) is 0 Å². The monoisotopic (exact) mass is 1250 g/mol. The van der Waals surface area contributed by atoms with E-state index in [1.54, 1.807) is 0 Å². The number of rotatable bonds is 49. The first-order valence-corrected chi connectivity index (χ1v) is 33.2. The molecule has 3 fully saturated rings. The maximum atomic E-state index is 13.4. The largest absolute Gasteiger partial charge is 0.477 e. The Bertz CT molecular complexity index is 1870. The van der Waals surface area contributed by atoms with E-state index in [0.29, 0.717) is 19.3 Å². The van der Waals surface area contributed by atoms with Gasteiger partial charge in [-0.2, -0.15) is 0 Å². The maximum Gasteiger partial charge on any atom is 0.364 e. The molecule has 3 heterocycles. The van der Waals surface area contributed by atoms with E-state index in [0.717, 1.165) is 90.4 Å². The van der Waals surface area contributed by atoms with Crippen LogP contribution in [-0.4, -0.2) is 215 Å². The highest BCUT2D eigenvalue weighted by atomic mass is 16.8. The molecule has 0 aromatic rings. The Hall–Kier alpha value is -2.79. The third kappa shape index (κ3) is 28.7. The van der Waals surface area contributed by atoms with E-state index in [1.807, 2.05) is 0 Å². The number of nitrogens with one attached hydrogen (secondary N) is 2. The molecule has 23 heteroatoms. The topological polar surface area (TPSA) is 373 Å². The average Bonchev–Trinajstić information content (AvgIpc) is 0.810. The third-order valence-electron chi connectivity index (χ3n) is 16.9. The molecule has 87 heavy (non-hydrogen) atoms. The summed E-state index contributed by atoms with van der Waals surface area (Å²) in [5, 5.41) is 136. The zero-order valence-corrected chi connectivity index (χ0v) is 52.6. The van der Waals surface area contributed by atoms with Gasteiger partial charge >= 0.3 is 5.97 Å². The molecular formula is C64H116N2O21. The highest BCUT2D eigenvalue weighted by molar-refractivity contribution is 5.77. The van der Waals surface area contributed by atoms with Crippen molar-refractivity contribution in [1.82, 2.24) is 10.6 Å². The molecule has 2 amide bonds. The number of amides is 2. The fourth-order valence-corrected chi connectivity index (χ4v) is 11.6. The van der Waals surface area contributed by atoms with Gasteiger partial charge in [0.25, 0.3) is 5.79 Å². The predicted octanol–water partition coefficient (Wildman–Crippen LogP) is 4.89. The van der Waals surface area contributed by atoms with E-state index < -0.39 is 148 Å². The van der Waals surface area contributed by atoms with Gasteiger partial charge in [-0.1, -0.05) is 186 Å². The Morgan fingerprint density at radius 2 is 1.10 bits per heavy atom. The van der Waals surface area contributed by atoms with E-state index in [1.165, 1.54) is 89.9 Å². The van der Waals surface area contributed by atoms with Crippen molar-refractivity contribution in [2.75, 3.05) is 26.4 Å². The Labute approximate surface area is 517 Å². The zero-order valence-electron chi connectivity index (χ0n) is 52.6. The molecule has 18 unspecified atom stereocenters. The molecule has 18 atom stereocenters. The van der Waals surface area contributed by atoms with E-state index in [2.05, 4.69) is 48.8 Å². The molecule has 0 aromatic heterocycles. The summed E-state index contributed by atoms with van der Waals surface area (Å²) in [5.74, 6) is -6.11. The number of carboxylic acids is 1. The molecule has 14 N–H and O–H groups in total.